The summed E-state index contributed by atoms with van der Waals surface area (Å²) in [4.78, 5) is 12.3. The number of hydrogen-bond acceptors (Lipinski definition) is 3. The van der Waals surface area contributed by atoms with Crippen molar-refractivity contribution in [2.75, 3.05) is 12.8 Å². The topological polar surface area (TPSA) is 64.3 Å². The fraction of sp³-hybridized carbons (Fsp3) is 0.188. The van der Waals surface area contributed by atoms with E-state index in [0.29, 0.717) is 17.0 Å². The highest BCUT2D eigenvalue weighted by Gasteiger charge is 2.15. The molecule has 0 bridgehead atoms. The third-order valence-corrected chi connectivity index (χ3v) is 3.18. The van der Waals surface area contributed by atoms with Crippen molar-refractivity contribution in [3.63, 3.8) is 0 Å². The van der Waals surface area contributed by atoms with E-state index >= 15 is 0 Å². The second-order valence-electron chi connectivity index (χ2n) is 4.53. The van der Waals surface area contributed by atoms with Crippen LogP contribution in [0, 0.1) is 0 Å². The second-order valence-corrected chi connectivity index (χ2v) is 4.53. The Balaban J connectivity index is 2.17. The molecule has 3 N–H and O–H groups in total. The van der Waals surface area contributed by atoms with Gasteiger partial charge in [0.05, 0.1) is 24.4 Å². The van der Waals surface area contributed by atoms with Gasteiger partial charge in [-0.3, -0.25) is 4.79 Å². The smallest absolute Gasteiger partial charge is 0.253 e. The molecule has 2 aromatic rings. The van der Waals surface area contributed by atoms with Gasteiger partial charge in [0.2, 0.25) is 0 Å². The van der Waals surface area contributed by atoms with Crippen LogP contribution >= 0.6 is 0 Å². The molecule has 0 saturated carbocycles. The number of para-hydroxylation sites is 1. The third-order valence-electron chi connectivity index (χ3n) is 3.18. The van der Waals surface area contributed by atoms with Crippen molar-refractivity contribution < 1.29 is 9.53 Å². The highest BCUT2D eigenvalue weighted by Crippen LogP contribution is 2.25. The molecule has 0 aromatic heterocycles. The number of anilines is 1. The largest absolute Gasteiger partial charge is 0.495 e. The molecule has 4 nitrogen and oxygen atoms in total. The van der Waals surface area contributed by atoms with E-state index in [4.69, 9.17) is 10.5 Å². The van der Waals surface area contributed by atoms with Crippen molar-refractivity contribution in [1.29, 1.82) is 0 Å². The molecule has 0 aliphatic heterocycles. The van der Waals surface area contributed by atoms with Gasteiger partial charge < -0.3 is 15.8 Å². The summed E-state index contributed by atoms with van der Waals surface area (Å²) in [7, 11) is 1.53. The molecule has 0 saturated heterocycles. The predicted molar refractivity (Wildman–Crippen MR) is 79.7 cm³/mol. The number of nitrogen functional groups attached to an aromatic ring is 1. The minimum Gasteiger partial charge on any atom is -0.495 e. The zero-order chi connectivity index (χ0) is 14.5. The number of benzene rings is 2. The number of rotatable bonds is 4. The monoisotopic (exact) mass is 270 g/mol. The highest BCUT2D eigenvalue weighted by atomic mass is 16.5. The summed E-state index contributed by atoms with van der Waals surface area (Å²) < 4.78 is 5.12. The van der Waals surface area contributed by atoms with Crippen LogP contribution in [-0.4, -0.2) is 13.0 Å². The second kappa shape index (κ2) is 6.10. The minimum atomic E-state index is -0.210. The molecule has 0 fully saturated rings. The Hall–Kier alpha value is -2.49. The van der Waals surface area contributed by atoms with Gasteiger partial charge >= 0.3 is 0 Å². The number of hydrogen-bond donors (Lipinski definition) is 2. The van der Waals surface area contributed by atoms with E-state index in [0.717, 1.165) is 5.56 Å². The van der Waals surface area contributed by atoms with Gasteiger partial charge in [0.1, 0.15) is 5.75 Å². The molecule has 104 valence electrons. The summed E-state index contributed by atoms with van der Waals surface area (Å²) in [6, 6.07) is 14.8. The number of amides is 1. The van der Waals surface area contributed by atoms with Crippen LogP contribution < -0.4 is 15.8 Å². The maximum absolute atomic E-state index is 12.3. The van der Waals surface area contributed by atoms with Crippen LogP contribution in [0.5, 0.6) is 5.75 Å². The Kier molecular flexibility index (Phi) is 4.25. The molecule has 1 atom stereocenters. The van der Waals surface area contributed by atoms with Crippen LogP contribution in [0.1, 0.15) is 28.9 Å². The summed E-state index contributed by atoms with van der Waals surface area (Å²) >= 11 is 0. The maximum atomic E-state index is 12.3. The normalized spacial score (nSPS) is 11.7. The van der Waals surface area contributed by atoms with Crippen LogP contribution in [-0.2, 0) is 0 Å². The molecule has 0 aliphatic rings. The van der Waals surface area contributed by atoms with E-state index in [1.807, 2.05) is 37.3 Å². The van der Waals surface area contributed by atoms with E-state index in [1.165, 1.54) is 7.11 Å². The van der Waals surface area contributed by atoms with Gasteiger partial charge in [0.25, 0.3) is 5.91 Å². The average Bonchev–Trinajstić information content (AvgIpc) is 2.48. The first-order valence-corrected chi connectivity index (χ1v) is 6.41. The van der Waals surface area contributed by atoms with Crippen molar-refractivity contribution in [3.05, 3.63) is 59.7 Å². The van der Waals surface area contributed by atoms with Gasteiger partial charge in [-0.05, 0) is 24.6 Å². The molecule has 0 radical (unpaired) electrons. The zero-order valence-electron chi connectivity index (χ0n) is 11.6. The van der Waals surface area contributed by atoms with Crippen molar-refractivity contribution in [3.8, 4) is 5.75 Å². The van der Waals surface area contributed by atoms with E-state index < -0.39 is 0 Å². The van der Waals surface area contributed by atoms with Crippen LogP contribution in [0.3, 0.4) is 0 Å². The van der Waals surface area contributed by atoms with E-state index in [2.05, 4.69) is 5.32 Å². The van der Waals surface area contributed by atoms with Gasteiger partial charge in [0, 0.05) is 0 Å². The van der Waals surface area contributed by atoms with Crippen molar-refractivity contribution in [1.82, 2.24) is 5.32 Å². The Labute approximate surface area is 118 Å². The Morgan fingerprint density at radius 3 is 2.50 bits per heavy atom. The van der Waals surface area contributed by atoms with Crippen molar-refractivity contribution in [2.24, 2.45) is 0 Å². The van der Waals surface area contributed by atoms with Crippen LogP contribution in [0.4, 0.5) is 5.69 Å². The lowest BCUT2D eigenvalue weighted by Gasteiger charge is -2.16. The number of carbonyl (C=O) groups excluding carboxylic acids is 1. The highest BCUT2D eigenvalue weighted by molar-refractivity contribution is 6.00. The molecule has 2 rings (SSSR count). The number of methoxy groups -OCH3 is 1. The number of nitrogens with one attached hydrogen (secondary N) is 1. The predicted octanol–water partition coefficient (Wildman–Crippen LogP) is 2.77. The average molecular weight is 270 g/mol. The molecule has 1 amide bonds. The van der Waals surface area contributed by atoms with Crippen molar-refractivity contribution >= 4 is 11.6 Å². The van der Waals surface area contributed by atoms with Gasteiger partial charge in [-0.2, -0.15) is 0 Å². The van der Waals surface area contributed by atoms with E-state index in [9.17, 15) is 4.79 Å². The SMILES string of the molecule is COc1cccc(C(=O)NC(C)c2ccccc2)c1N. The number of ether oxygens (including phenoxy) is 1. The third kappa shape index (κ3) is 2.91. The van der Waals surface area contributed by atoms with Gasteiger partial charge in [-0.15, -0.1) is 0 Å². The van der Waals surface area contributed by atoms with E-state index in [1.54, 1.807) is 18.2 Å². The molecule has 2 aromatic carbocycles. The molecular formula is C16H18N2O2. The molecule has 0 heterocycles. The van der Waals surface area contributed by atoms with Gasteiger partial charge in [-0.1, -0.05) is 36.4 Å². The lowest BCUT2D eigenvalue weighted by atomic mass is 10.1. The molecule has 0 aliphatic carbocycles. The van der Waals surface area contributed by atoms with Crippen LogP contribution in [0.25, 0.3) is 0 Å². The number of carbonyl (C=O) groups is 1. The van der Waals surface area contributed by atoms with Gasteiger partial charge in [0.15, 0.2) is 0 Å². The Morgan fingerprint density at radius 2 is 1.85 bits per heavy atom. The number of nitrogens with two attached hydrogens (primary N) is 1. The lowest BCUT2D eigenvalue weighted by molar-refractivity contribution is 0.0940. The quantitative estimate of drug-likeness (QED) is 0.840. The zero-order valence-corrected chi connectivity index (χ0v) is 11.6. The summed E-state index contributed by atoms with van der Waals surface area (Å²) in [5.41, 5.74) is 7.74. The standard InChI is InChI=1S/C16H18N2O2/c1-11(12-7-4-3-5-8-12)18-16(19)13-9-6-10-14(20-2)15(13)17/h3-11H,17H2,1-2H3,(H,18,19). The van der Waals surface area contributed by atoms with Crippen molar-refractivity contribution in [2.45, 2.75) is 13.0 Å². The van der Waals surface area contributed by atoms with Crippen LogP contribution in [0.15, 0.2) is 48.5 Å². The minimum absolute atomic E-state index is 0.0886. The summed E-state index contributed by atoms with van der Waals surface area (Å²) in [5, 5.41) is 2.93. The molecule has 0 spiro atoms. The molecule has 4 heteroatoms. The Bertz CT molecular complexity index is 597. The first-order chi connectivity index (χ1) is 9.63. The van der Waals surface area contributed by atoms with E-state index in [-0.39, 0.29) is 11.9 Å². The fourth-order valence-electron chi connectivity index (χ4n) is 2.02. The lowest BCUT2D eigenvalue weighted by Crippen LogP contribution is -2.27. The van der Waals surface area contributed by atoms with Crippen LogP contribution in [0.2, 0.25) is 0 Å². The first kappa shape index (κ1) is 13.9. The Morgan fingerprint density at radius 1 is 1.15 bits per heavy atom. The fourth-order valence-corrected chi connectivity index (χ4v) is 2.02. The summed E-state index contributed by atoms with van der Waals surface area (Å²) in [6.07, 6.45) is 0. The summed E-state index contributed by atoms with van der Waals surface area (Å²) in [6.45, 7) is 1.93. The molecule has 20 heavy (non-hydrogen) atoms. The molecular weight excluding hydrogens is 252 g/mol. The van der Waals surface area contributed by atoms with Gasteiger partial charge in [-0.25, -0.2) is 0 Å². The summed E-state index contributed by atoms with van der Waals surface area (Å²) in [5.74, 6) is 0.294. The maximum Gasteiger partial charge on any atom is 0.253 e. The first-order valence-electron chi connectivity index (χ1n) is 6.41. The molecule has 1 unspecified atom stereocenters.